The van der Waals surface area contributed by atoms with Crippen molar-refractivity contribution in [1.29, 1.82) is 0 Å². The molecule has 1 saturated heterocycles. The lowest BCUT2D eigenvalue weighted by atomic mass is 9.91. The number of rotatable bonds is 18. The fourth-order valence-corrected chi connectivity index (χ4v) is 7.70. The van der Waals surface area contributed by atoms with Gasteiger partial charge in [-0.2, -0.15) is 0 Å². The Labute approximate surface area is 313 Å². The van der Waals surface area contributed by atoms with Crippen LogP contribution in [0.5, 0.6) is 0 Å². The van der Waals surface area contributed by atoms with E-state index in [9.17, 15) is 24.0 Å². The van der Waals surface area contributed by atoms with Crippen LogP contribution in [0.1, 0.15) is 108 Å². The SMILES string of the molecule is CCC(C)[C@H](NC(=O)[C@@]1(C)CCCN1C)C(=O)N(C)[C@H](C[C@@H](OC(C)=O)c1nc(C(=O)N[C@@H](Cc2ccccc2)C[C@H](C)C(=O)OC)cs1)C(C)C. The van der Waals surface area contributed by atoms with E-state index in [0.29, 0.717) is 24.3 Å². The van der Waals surface area contributed by atoms with Gasteiger partial charge in [0.2, 0.25) is 11.8 Å². The van der Waals surface area contributed by atoms with E-state index in [1.54, 1.807) is 24.3 Å². The molecule has 1 unspecified atom stereocenters. The van der Waals surface area contributed by atoms with E-state index >= 15 is 0 Å². The fourth-order valence-electron chi connectivity index (χ4n) is 6.86. The number of carbonyl (C=O) groups excluding carboxylic acids is 5. The predicted molar refractivity (Wildman–Crippen MR) is 201 cm³/mol. The second kappa shape index (κ2) is 19.3. The monoisotopic (exact) mass is 741 g/mol. The molecule has 288 valence electrons. The highest BCUT2D eigenvalue weighted by molar-refractivity contribution is 7.09. The standard InChI is InChI=1S/C39H59N5O7S/c1-11-25(4)33(42-38(49)39(7)18-15-19-43(39)8)36(47)44(9)31(24(2)3)22-32(51-27(6)45)35-41-30(23-52-35)34(46)40-29(20-26(5)37(48)50-10)21-28-16-13-12-14-17-28/h12-14,16-17,23-26,29,31-33H,11,15,18-22H2,1-10H3,(H,40,46)(H,42,49)/t25?,26-,29+,31+,32+,33-,39+/m0/s1. The van der Waals surface area contributed by atoms with Gasteiger partial charge in [-0.05, 0) is 63.6 Å². The molecule has 0 bridgehead atoms. The van der Waals surface area contributed by atoms with Gasteiger partial charge in [0.05, 0.1) is 18.6 Å². The van der Waals surface area contributed by atoms with Crippen LogP contribution in [0.4, 0.5) is 0 Å². The summed E-state index contributed by atoms with van der Waals surface area (Å²) in [5.41, 5.74) is 0.488. The van der Waals surface area contributed by atoms with E-state index in [1.165, 1.54) is 25.4 Å². The Bertz CT molecular complexity index is 1520. The van der Waals surface area contributed by atoms with E-state index < -0.39 is 35.5 Å². The van der Waals surface area contributed by atoms with Crippen LogP contribution < -0.4 is 10.6 Å². The maximum atomic E-state index is 14.2. The number of methoxy groups -OCH3 is 1. The molecule has 1 aliphatic rings. The van der Waals surface area contributed by atoms with Crippen molar-refractivity contribution < 1.29 is 33.4 Å². The smallest absolute Gasteiger partial charge is 0.308 e. The molecule has 52 heavy (non-hydrogen) atoms. The molecule has 2 N–H and O–H groups in total. The average molecular weight is 742 g/mol. The summed E-state index contributed by atoms with van der Waals surface area (Å²) < 4.78 is 10.7. The molecular formula is C39H59N5O7S. The van der Waals surface area contributed by atoms with Crippen LogP contribution >= 0.6 is 11.3 Å². The molecule has 0 saturated carbocycles. The first-order chi connectivity index (χ1) is 24.5. The summed E-state index contributed by atoms with van der Waals surface area (Å²) in [7, 11) is 5.01. The predicted octanol–water partition coefficient (Wildman–Crippen LogP) is 5.18. The van der Waals surface area contributed by atoms with Gasteiger partial charge in [-0.3, -0.25) is 28.9 Å². The number of ether oxygens (including phenoxy) is 2. The van der Waals surface area contributed by atoms with Gasteiger partial charge in [0.25, 0.3) is 5.91 Å². The summed E-state index contributed by atoms with van der Waals surface area (Å²) >= 11 is 1.20. The largest absolute Gasteiger partial charge is 0.469 e. The number of nitrogens with zero attached hydrogens (tertiary/aromatic N) is 3. The summed E-state index contributed by atoms with van der Waals surface area (Å²) in [4.78, 5) is 74.3. The number of hydrogen-bond acceptors (Lipinski definition) is 10. The van der Waals surface area contributed by atoms with E-state index in [0.717, 1.165) is 24.9 Å². The molecule has 1 aromatic carbocycles. The van der Waals surface area contributed by atoms with E-state index in [-0.39, 0.29) is 53.8 Å². The van der Waals surface area contributed by atoms with Crippen molar-refractivity contribution in [3.05, 3.63) is 52.0 Å². The zero-order chi connectivity index (χ0) is 38.7. The minimum Gasteiger partial charge on any atom is -0.469 e. The number of aromatic nitrogens is 1. The first-order valence-electron chi connectivity index (χ1n) is 18.4. The number of amides is 3. The summed E-state index contributed by atoms with van der Waals surface area (Å²) in [5.74, 6) is -2.25. The molecule has 13 heteroatoms. The lowest BCUT2D eigenvalue weighted by Gasteiger charge is -2.38. The Hall–Kier alpha value is -3.84. The van der Waals surface area contributed by atoms with E-state index in [1.807, 2.05) is 76.9 Å². The van der Waals surface area contributed by atoms with Crippen LogP contribution in [0.25, 0.3) is 0 Å². The Balaban J connectivity index is 1.83. The number of benzene rings is 1. The van der Waals surface area contributed by atoms with Gasteiger partial charge in [-0.15, -0.1) is 11.3 Å². The highest BCUT2D eigenvalue weighted by Crippen LogP contribution is 2.32. The van der Waals surface area contributed by atoms with Gasteiger partial charge in [0.1, 0.15) is 16.7 Å². The van der Waals surface area contributed by atoms with Gasteiger partial charge >= 0.3 is 11.9 Å². The molecule has 12 nitrogen and oxygen atoms in total. The molecule has 3 rings (SSSR count). The fraction of sp³-hybridized carbons (Fsp3) is 0.641. The number of thiazole rings is 1. The zero-order valence-electron chi connectivity index (χ0n) is 32.6. The molecule has 2 heterocycles. The van der Waals surface area contributed by atoms with Crippen molar-refractivity contribution in [2.24, 2.45) is 17.8 Å². The number of nitrogens with one attached hydrogen (secondary N) is 2. The van der Waals surface area contributed by atoms with Gasteiger partial charge in [0, 0.05) is 37.9 Å². The summed E-state index contributed by atoms with van der Waals surface area (Å²) in [6.07, 6.45) is 2.61. The average Bonchev–Trinajstić information content (AvgIpc) is 3.74. The van der Waals surface area contributed by atoms with Gasteiger partial charge < -0.3 is 25.0 Å². The van der Waals surface area contributed by atoms with Crippen molar-refractivity contribution in [1.82, 2.24) is 25.4 Å². The first kappa shape index (κ1) is 42.6. The zero-order valence-corrected chi connectivity index (χ0v) is 33.4. The van der Waals surface area contributed by atoms with Crippen LogP contribution in [0.2, 0.25) is 0 Å². The molecule has 3 amide bonds. The minimum absolute atomic E-state index is 0.0444. The second-order valence-electron chi connectivity index (χ2n) is 14.8. The van der Waals surface area contributed by atoms with Crippen LogP contribution in [-0.4, -0.2) is 95.9 Å². The van der Waals surface area contributed by atoms with Crippen LogP contribution in [0.15, 0.2) is 35.7 Å². The highest BCUT2D eigenvalue weighted by atomic mass is 32.1. The molecule has 0 aliphatic carbocycles. The van der Waals surface area contributed by atoms with Crippen LogP contribution in [0.3, 0.4) is 0 Å². The lowest BCUT2D eigenvalue weighted by molar-refractivity contribution is -0.149. The van der Waals surface area contributed by atoms with E-state index in [4.69, 9.17) is 9.47 Å². The third-order valence-corrected chi connectivity index (χ3v) is 11.5. The normalized spacial score (nSPS) is 19.5. The lowest BCUT2D eigenvalue weighted by Crippen LogP contribution is -2.60. The molecule has 7 atom stereocenters. The van der Waals surface area contributed by atoms with Crippen LogP contribution in [-0.2, 0) is 35.1 Å². The van der Waals surface area contributed by atoms with Crippen molar-refractivity contribution in [3.63, 3.8) is 0 Å². The van der Waals surface area contributed by atoms with Crippen LogP contribution in [0, 0.1) is 17.8 Å². The molecule has 2 aromatic rings. The molecular weight excluding hydrogens is 683 g/mol. The quantitative estimate of drug-likeness (QED) is 0.198. The van der Waals surface area contributed by atoms with Crippen molar-refractivity contribution >= 4 is 41.0 Å². The van der Waals surface area contributed by atoms with Gasteiger partial charge in [-0.1, -0.05) is 71.4 Å². The van der Waals surface area contributed by atoms with Gasteiger partial charge in [-0.25, -0.2) is 4.98 Å². The molecule has 0 spiro atoms. The summed E-state index contributed by atoms with van der Waals surface area (Å²) in [6, 6.07) is 8.19. The third-order valence-electron chi connectivity index (χ3n) is 10.6. The summed E-state index contributed by atoms with van der Waals surface area (Å²) in [5, 5.41) is 8.20. The molecule has 1 fully saturated rings. The Morgan fingerprint density at radius 1 is 1.06 bits per heavy atom. The topological polar surface area (TPSA) is 147 Å². The summed E-state index contributed by atoms with van der Waals surface area (Å²) in [6.45, 7) is 13.8. The van der Waals surface area contributed by atoms with Crippen molar-refractivity contribution in [3.8, 4) is 0 Å². The maximum absolute atomic E-state index is 14.2. The Morgan fingerprint density at radius 2 is 1.73 bits per heavy atom. The van der Waals surface area contributed by atoms with Gasteiger partial charge in [0.15, 0.2) is 6.10 Å². The second-order valence-corrected chi connectivity index (χ2v) is 15.7. The number of hydrogen-bond donors (Lipinski definition) is 2. The molecule has 1 aliphatic heterocycles. The Morgan fingerprint density at radius 3 is 2.29 bits per heavy atom. The number of likely N-dealkylation sites (N-methyl/N-ethyl adjacent to an activating group) is 2. The minimum atomic E-state index is -0.825. The molecule has 0 radical (unpaired) electrons. The third kappa shape index (κ3) is 11.1. The Kier molecular flexibility index (Phi) is 15.8. The van der Waals surface area contributed by atoms with Crippen molar-refractivity contribution in [2.45, 2.75) is 117 Å². The van der Waals surface area contributed by atoms with E-state index in [2.05, 4.69) is 15.6 Å². The maximum Gasteiger partial charge on any atom is 0.308 e. The van der Waals surface area contributed by atoms with Crippen molar-refractivity contribution in [2.75, 3.05) is 27.7 Å². The number of likely N-dealkylation sites (tertiary alicyclic amines) is 1. The number of esters is 2. The molecule has 1 aromatic heterocycles. The highest BCUT2D eigenvalue weighted by Gasteiger charge is 2.44. The first-order valence-corrected chi connectivity index (χ1v) is 19.2. The number of carbonyl (C=O) groups is 5.